The molecule has 1 N–H and O–H groups in total. The summed E-state index contributed by atoms with van der Waals surface area (Å²) in [6.07, 6.45) is 0.780. The van der Waals surface area contributed by atoms with Crippen LogP contribution in [0.15, 0.2) is 29.1 Å². The number of aromatic nitrogens is 2. The van der Waals surface area contributed by atoms with E-state index in [0.29, 0.717) is 13.2 Å². The van der Waals surface area contributed by atoms with E-state index in [1.54, 1.807) is 0 Å². The maximum absolute atomic E-state index is 11.8. The second-order valence-electron chi connectivity index (χ2n) is 4.34. The van der Waals surface area contributed by atoms with Crippen LogP contribution in [0.4, 0.5) is 0 Å². The fraction of sp³-hybridized carbons (Fsp3) is 0.308. The van der Waals surface area contributed by atoms with E-state index in [9.17, 15) is 4.79 Å². The number of nitrogens with zero attached hydrogens (tertiary/aromatic N) is 1. The predicted octanol–water partition coefficient (Wildman–Crippen LogP) is 1.55. The van der Waals surface area contributed by atoms with Crippen molar-refractivity contribution in [3.05, 3.63) is 51.4 Å². The fourth-order valence-electron chi connectivity index (χ4n) is 2.24. The average molecular weight is 230 g/mol. The van der Waals surface area contributed by atoms with Gasteiger partial charge in [0.2, 0.25) is 0 Å². The molecule has 0 unspecified atom stereocenters. The first-order chi connectivity index (χ1) is 8.25. The molecule has 0 bridgehead atoms. The van der Waals surface area contributed by atoms with Crippen LogP contribution in [0.1, 0.15) is 16.8 Å². The summed E-state index contributed by atoms with van der Waals surface area (Å²) in [5.74, 6) is 0. The van der Waals surface area contributed by atoms with Crippen LogP contribution in [-0.4, -0.2) is 16.4 Å². The highest BCUT2D eigenvalue weighted by Crippen LogP contribution is 2.17. The van der Waals surface area contributed by atoms with Crippen LogP contribution in [0.25, 0.3) is 5.69 Å². The van der Waals surface area contributed by atoms with Crippen molar-refractivity contribution in [1.82, 2.24) is 9.78 Å². The Kier molecular flexibility index (Phi) is 2.37. The molecule has 0 atom stereocenters. The molecule has 0 spiro atoms. The van der Waals surface area contributed by atoms with Gasteiger partial charge >= 0.3 is 0 Å². The van der Waals surface area contributed by atoms with Crippen LogP contribution in [0.3, 0.4) is 0 Å². The highest BCUT2D eigenvalue weighted by Gasteiger charge is 2.19. The maximum atomic E-state index is 11.8. The molecule has 0 fully saturated rings. The van der Waals surface area contributed by atoms with Crippen molar-refractivity contribution < 1.29 is 4.74 Å². The first-order valence-corrected chi connectivity index (χ1v) is 5.73. The highest BCUT2D eigenvalue weighted by atomic mass is 16.5. The molecule has 1 aliphatic rings. The fourth-order valence-corrected chi connectivity index (χ4v) is 2.24. The Morgan fingerprint density at radius 1 is 1.41 bits per heavy atom. The zero-order valence-corrected chi connectivity index (χ0v) is 9.69. The summed E-state index contributed by atoms with van der Waals surface area (Å²) >= 11 is 0. The Labute approximate surface area is 98.8 Å². The SMILES string of the molecule is Cc1cccc(-n2[nH]c(=O)c3c2CCOC3)c1. The topological polar surface area (TPSA) is 47.0 Å². The molecular weight excluding hydrogens is 216 g/mol. The molecule has 0 radical (unpaired) electrons. The van der Waals surface area contributed by atoms with Crippen LogP contribution in [0.5, 0.6) is 0 Å². The standard InChI is InChI=1S/C13H14N2O2/c1-9-3-2-4-10(7-9)15-12-5-6-17-8-11(12)13(16)14-15/h2-4,7H,5-6,8H2,1H3,(H,14,16). The molecule has 2 aromatic rings. The monoisotopic (exact) mass is 230 g/mol. The lowest BCUT2D eigenvalue weighted by Crippen LogP contribution is -2.15. The third kappa shape index (κ3) is 1.70. The molecule has 0 amide bonds. The molecule has 0 saturated heterocycles. The van der Waals surface area contributed by atoms with E-state index >= 15 is 0 Å². The quantitative estimate of drug-likeness (QED) is 0.808. The average Bonchev–Trinajstić information content (AvgIpc) is 2.68. The molecular formula is C13H14N2O2. The van der Waals surface area contributed by atoms with Crippen LogP contribution >= 0.6 is 0 Å². The largest absolute Gasteiger partial charge is 0.376 e. The Balaban J connectivity index is 2.18. The normalized spacial score (nSPS) is 14.6. The Bertz CT molecular complexity index is 610. The van der Waals surface area contributed by atoms with Crippen LogP contribution < -0.4 is 5.56 Å². The van der Waals surface area contributed by atoms with Crippen molar-refractivity contribution in [3.8, 4) is 5.69 Å². The van der Waals surface area contributed by atoms with E-state index < -0.39 is 0 Å². The number of ether oxygens (including phenoxy) is 1. The number of nitrogens with one attached hydrogen (secondary N) is 1. The summed E-state index contributed by atoms with van der Waals surface area (Å²) in [7, 11) is 0. The Morgan fingerprint density at radius 2 is 2.29 bits per heavy atom. The van der Waals surface area contributed by atoms with Gasteiger partial charge < -0.3 is 4.74 Å². The zero-order valence-electron chi connectivity index (χ0n) is 9.69. The number of hydrogen-bond donors (Lipinski definition) is 1. The van der Waals surface area contributed by atoms with Crippen LogP contribution in [0, 0.1) is 6.92 Å². The van der Waals surface area contributed by atoms with Gasteiger partial charge in [0.25, 0.3) is 5.56 Å². The molecule has 3 rings (SSSR count). The second-order valence-corrected chi connectivity index (χ2v) is 4.34. The second kappa shape index (κ2) is 3.89. The van der Waals surface area contributed by atoms with Gasteiger partial charge in [0.15, 0.2) is 0 Å². The minimum atomic E-state index is -0.0405. The summed E-state index contributed by atoms with van der Waals surface area (Å²) in [4.78, 5) is 11.8. The van der Waals surface area contributed by atoms with Gasteiger partial charge in [0.05, 0.1) is 30.2 Å². The molecule has 0 aliphatic carbocycles. The molecule has 1 aromatic heterocycles. The molecule has 0 saturated carbocycles. The maximum Gasteiger partial charge on any atom is 0.270 e. The zero-order chi connectivity index (χ0) is 11.8. The molecule has 88 valence electrons. The van der Waals surface area contributed by atoms with E-state index in [2.05, 4.69) is 11.2 Å². The third-order valence-electron chi connectivity index (χ3n) is 3.10. The lowest BCUT2D eigenvalue weighted by atomic mass is 10.1. The number of benzene rings is 1. The molecule has 4 nitrogen and oxygen atoms in total. The highest BCUT2D eigenvalue weighted by molar-refractivity contribution is 5.38. The van der Waals surface area contributed by atoms with Crippen molar-refractivity contribution in [2.24, 2.45) is 0 Å². The molecule has 1 aromatic carbocycles. The van der Waals surface area contributed by atoms with E-state index in [1.807, 2.05) is 29.8 Å². The first kappa shape index (κ1) is 10.4. The lowest BCUT2D eigenvalue weighted by Gasteiger charge is -2.14. The summed E-state index contributed by atoms with van der Waals surface area (Å²) < 4.78 is 7.20. The van der Waals surface area contributed by atoms with Gasteiger partial charge in [-0.3, -0.25) is 14.6 Å². The van der Waals surface area contributed by atoms with Gasteiger partial charge in [-0.2, -0.15) is 0 Å². The Morgan fingerprint density at radius 3 is 3.12 bits per heavy atom. The van der Waals surface area contributed by atoms with Crippen molar-refractivity contribution >= 4 is 0 Å². The number of hydrogen-bond acceptors (Lipinski definition) is 2. The van der Waals surface area contributed by atoms with Crippen LogP contribution in [-0.2, 0) is 17.8 Å². The summed E-state index contributed by atoms with van der Waals surface area (Å²) in [6, 6.07) is 8.10. The smallest absolute Gasteiger partial charge is 0.270 e. The van der Waals surface area contributed by atoms with Gasteiger partial charge in [0.1, 0.15) is 0 Å². The predicted molar refractivity (Wildman–Crippen MR) is 64.5 cm³/mol. The van der Waals surface area contributed by atoms with Crippen molar-refractivity contribution in [2.45, 2.75) is 20.0 Å². The molecule has 17 heavy (non-hydrogen) atoms. The van der Waals surface area contributed by atoms with Gasteiger partial charge in [-0.1, -0.05) is 12.1 Å². The van der Waals surface area contributed by atoms with Gasteiger partial charge in [-0.25, -0.2) is 0 Å². The van der Waals surface area contributed by atoms with E-state index in [0.717, 1.165) is 23.4 Å². The third-order valence-corrected chi connectivity index (χ3v) is 3.10. The van der Waals surface area contributed by atoms with Crippen molar-refractivity contribution in [2.75, 3.05) is 6.61 Å². The lowest BCUT2D eigenvalue weighted by molar-refractivity contribution is 0.109. The summed E-state index contributed by atoms with van der Waals surface area (Å²) in [5.41, 5.74) is 3.95. The van der Waals surface area contributed by atoms with E-state index in [1.165, 1.54) is 5.56 Å². The number of H-pyrrole nitrogens is 1. The minimum Gasteiger partial charge on any atom is -0.376 e. The molecule has 1 aliphatic heterocycles. The van der Waals surface area contributed by atoms with Gasteiger partial charge in [-0.05, 0) is 24.6 Å². The minimum absolute atomic E-state index is 0.0405. The van der Waals surface area contributed by atoms with Gasteiger partial charge in [-0.15, -0.1) is 0 Å². The van der Waals surface area contributed by atoms with Crippen molar-refractivity contribution in [3.63, 3.8) is 0 Å². The molecule has 4 heteroatoms. The van der Waals surface area contributed by atoms with E-state index in [4.69, 9.17) is 4.74 Å². The van der Waals surface area contributed by atoms with Gasteiger partial charge in [0, 0.05) is 6.42 Å². The number of aryl methyl sites for hydroxylation is 1. The molecule has 2 heterocycles. The first-order valence-electron chi connectivity index (χ1n) is 5.73. The number of aromatic amines is 1. The number of fused-ring (bicyclic) bond motifs is 1. The van der Waals surface area contributed by atoms with Crippen LogP contribution in [0.2, 0.25) is 0 Å². The summed E-state index contributed by atoms with van der Waals surface area (Å²) in [6.45, 7) is 3.14. The van der Waals surface area contributed by atoms with Crippen molar-refractivity contribution in [1.29, 1.82) is 0 Å². The van der Waals surface area contributed by atoms with E-state index in [-0.39, 0.29) is 5.56 Å². The number of rotatable bonds is 1. The Hall–Kier alpha value is -1.81. The summed E-state index contributed by atoms with van der Waals surface area (Å²) in [5, 5.41) is 2.88.